The smallest absolute Gasteiger partial charge is 0.242 e. The van der Waals surface area contributed by atoms with E-state index in [1.807, 2.05) is 4.90 Å². The zero-order valence-corrected chi connectivity index (χ0v) is 10.4. The fourth-order valence-electron chi connectivity index (χ4n) is 2.79. The number of amides is 2. The third kappa shape index (κ3) is 2.60. The summed E-state index contributed by atoms with van der Waals surface area (Å²) in [5, 5.41) is 0. The molecular formula is C12H21N3O2. The van der Waals surface area contributed by atoms with Crippen molar-refractivity contribution in [1.29, 1.82) is 0 Å². The van der Waals surface area contributed by atoms with Gasteiger partial charge in [0.1, 0.15) is 0 Å². The van der Waals surface area contributed by atoms with E-state index in [2.05, 4.69) is 6.92 Å². The SMILES string of the molecule is CC1CC(CN)CN1C(=O)CN1CCCC1=O. The van der Waals surface area contributed by atoms with Gasteiger partial charge >= 0.3 is 0 Å². The maximum absolute atomic E-state index is 12.1. The van der Waals surface area contributed by atoms with Gasteiger partial charge in [0.25, 0.3) is 0 Å². The molecule has 2 N–H and O–H groups in total. The molecular weight excluding hydrogens is 218 g/mol. The van der Waals surface area contributed by atoms with Crippen LogP contribution in [0.25, 0.3) is 0 Å². The number of nitrogens with zero attached hydrogens (tertiary/aromatic N) is 2. The lowest BCUT2D eigenvalue weighted by molar-refractivity contribution is -0.138. The Morgan fingerprint density at radius 1 is 1.53 bits per heavy atom. The highest BCUT2D eigenvalue weighted by molar-refractivity contribution is 5.86. The topological polar surface area (TPSA) is 66.6 Å². The van der Waals surface area contributed by atoms with E-state index < -0.39 is 0 Å². The Balaban J connectivity index is 1.89. The summed E-state index contributed by atoms with van der Waals surface area (Å²) < 4.78 is 0. The molecule has 0 spiro atoms. The summed E-state index contributed by atoms with van der Waals surface area (Å²) in [6.07, 6.45) is 2.46. The second kappa shape index (κ2) is 5.04. The minimum absolute atomic E-state index is 0.0729. The van der Waals surface area contributed by atoms with Gasteiger partial charge in [0, 0.05) is 25.6 Å². The van der Waals surface area contributed by atoms with Crippen molar-refractivity contribution >= 4 is 11.8 Å². The van der Waals surface area contributed by atoms with E-state index in [4.69, 9.17) is 5.73 Å². The summed E-state index contributed by atoms with van der Waals surface area (Å²) in [5.74, 6) is 0.604. The molecule has 2 atom stereocenters. The summed E-state index contributed by atoms with van der Waals surface area (Å²) in [5.41, 5.74) is 5.64. The molecule has 2 unspecified atom stereocenters. The number of rotatable bonds is 3. The maximum Gasteiger partial charge on any atom is 0.242 e. The number of carbonyl (C=O) groups is 2. The Morgan fingerprint density at radius 2 is 2.29 bits per heavy atom. The summed E-state index contributed by atoms with van der Waals surface area (Å²) in [7, 11) is 0. The van der Waals surface area contributed by atoms with E-state index in [0.29, 0.717) is 18.9 Å². The third-order valence-corrected chi connectivity index (χ3v) is 3.81. The average Bonchev–Trinajstić information content (AvgIpc) is 2.86. The zero-order chi connectivity index (χ0) is 12.4. The highest BCUT2D eigenvalue weighted by atomic mass is 16.2. The molecule has 0 aromatic rings. The van der Waals surface area contributed by atoms with Crippen molar-refractivity contribution in [2.45, 2.75) is 32.2 Å². The van der Waals surface area contributed by atoms with Crippen LogP contribution in [0.3, 0.4) is 0 Å². The molecule has 2 rings (SSSR count). The van der Waals surface area contributed by atoms with Crippen LogP contribution in [0.4, 0.5) is 0 Å². The van der Waals surface area contributed by atoms with E-state index in [-0.39, 0.29) is 24.4 Å². The van der Waals surface area contributed by atoms with Crippen LogP contribution in [0.15, 0.2) is 0 Å². The molecule has 2 aliphatic rings. The number of hydrogen-bond donors (Lipinski definition) is 1. The van der Waals surface area contributed by atoms with E-state index in [0.717, 1.165) is 25.9 Å². The molecule has 5 heteroatoms. The van der Waals surface area contributed by atoms with Crippen molar-refractivity contribution in [3.8, 4) is 0 Å². The molecule has 2 amide bonds. The van der Waals surface area contributed by atoms with Crippen LogP contribution < -0.4 is 5.73 Å². The number of hydrogen-bond acceptors (Lipinski definition) is 3. The molecule has 2 heterocycles. The van der Waals surface area contributed by atoms with Gasteiger partial charge in [-0.25, -0.2) is 0 Å². The van der Waals surface area contributed by atoms with Crippen molar-refractivity contribution in [2.75, 3.05) is 26.2 Å². The first-order valence-electron chi connectivity index (χ1n) is 6.39. The number of likely N-dealkylation sites (tertiary alicyclic amines) is 2. The summed E-state index contributed by atoms with van der Waals surface area (Å²) in [6.45, 7) is 4.42. The van der Waals surface area contributed by atoms with Crippen LogP contribution in [0.1, 0.15) is 26.2 Å². The summed E-state index contributed by atoms with van der Waals surface area (Å²) >= 11 is 0. The molecule has 5 nitrogen and oxygen atoms in total. The van der Waals surface area contributed by atoms with E-state index in [9.17, 15) is 9.59 Å². The highest BCUT2D eigenvalue weighted by Crippen LogP contribution is 2.22. The highest BCUT2D eigenvalue weighted by Gasteiger charge is 2.33. The number of nitrogens with two attached hydrogens (primary N) is 1. The Bertz CT molecular complexity index is 319. The molecule has 0 aromatic carbocycles. The first kappa shape index (κ1) is 12.4. The zero-order valence-electron chi connectivity index (χ0n) is 10.4. The first-order valence-corrected chi connectivity index (χ1v) is 6.39. The van der Waals surface area contributed by atoms with Crippen molar-refractivity contribution in [2.24, 2.45) is 11.7 Å². The predicted molar refractivity (Wildman–Crippen MR) is 64.2 cm³/mol. The molecule has 0 aromatic heterocycles. The van der Waals surface area contributed by atoms with Crippen molar-refractivity contribution in [1.82, 2.24) is 9.80 Å². The Morgan fingerprint density at radius 3 is 2.82 bits per heavy atom. The maximum atomic E-state index is 12.1. The lowest BCUT2D eigenvalue weighted by atomic mass is 10.1. The molecule has 17 heavy (non-hydrogen) atoms. The average molecular weight is 239 g/mol. The van der Waals surface area contributed by atoms with E-state index in [1.54, 1.807) is 4.90 Å². The van der Waals surface area contributed by atoms with Gasteiger partial charge in [0.2, 0.25) is 11.8 Å². The van der Waals surface area contributed by atoms with Gasteiger partial charge in [0.05, 0.1) is 6.54 Å². The van der Waals surface area contributed by atoms with Crippen LogP contribution in [0, 0.1) is 5.92 Å². The lowest BCUT2D eigenvalue weighted by Crippen LogP contribution is -2.42. The normalized spacial score (nSPS) is 29.2. The molecule has 2 fully saturated rings. The van der Waals surface area contributed by atoms with Gasteiger partial charge in [-0.1, -0.05) is 0 Å². The number of carbonyl (C=O) groups excluding carboxylic acids is 2. The fraction of sp³-hybridized carbons (Fsp3) is 0.833. The van der Waals surface area contributed by atoms with Gasteiger partial charge in [0.15, 0.2) is 0 Å². The van der Waals surface area contributed by atoms with E-state index in [1.165, 1.54) is 0 Å². The molecule has 2 aliphatic heterocycles. The van der Waals surface area contributed by atoms with Crippen LogP contribution in [-0.2, 0) is 9.59 Å². The summed E-state index contributed by atoms with van der Waals surface area (Å²) in [6, 6.07) is 0.258. The molecule has 0 saturated carbocycles. The summed E-state index contributed by atoms with van der Waals surface area (Å²) in [4.78, 5) is 27.1. The van der Waals surface area contributed by atoms with Gasteiger partial charge in [-0.3, -0.25) is 9.59 Å². The van der Waals surface area contributed by atoms with Gasteiger partial charge in [-0.15, -0.1) is 0 Å². The molecule has 0 bridgehead atoms. The molecule has 0 radical (unpaired) electrons. The minimum atomic E-state index is 0.0729. The van der Waals surface area contributed by atoms with Gasteiger partial charge in [-0.05, 0) is 32.2 Å². The Kier molecular flexibility index (Phi) is 3.66. The second-order valence-corrected chi connectivity index (χ2v) is 5.15. The quantitative estimate of drug-likeness (QED) is 0.742. The lowest BCUT2D eigenvalue weighted by Gasteiger charge is -2.24. The third-order valence-electron chi connectivity index (χ3n) is 3.81. The Labute approximate surface area is 102 Å². The van der Waals surface area contributed by atoms with Crippen LogP contribution in [-0.4, -0.2) is 53.8 Å². The monoisotopic (exact) mass is 239 g/mol. The van der Waals surface area contributed by atoms with Crippen molar-refractivity contribution < 1.29 is 9.59 Å². The fourth-order valence-corrected chi connectivity index (χ4v) is 2.79. The molecule has 2 saturated heterocycles. The Hall–Kier alpha value is -1.10. The van der Waals surface area contributed by atoms with Crippen molar-refractivity contribution in [3.63, 3.8) is 0 Å². The van der Waals surface area contributed by atoms with Crippen LogP contribution in [0.2, 0.25) is 0 Å². The van der Waals surface area contributed by atoms with Crippen molar-refractivity contribution in [3.05, 3.63) is 0 Å². The first-order chi connectivity index (χ1) is 8.11. The second-order valence-electron chi connectivity index (χ2n) is 5.15. The largest absolute Gasteiger partial charge is 0.338 e. The minimum Gasteiger partial charge on any atom is -0.338 e. The van der Waals surface area contributed by atoms with Gasteiger partial charge < -0.3 is 15.5 Å². The standard InChI is InChI=1S/C12H21N3O2/c1-9-5-10(6-13)7-15(9)12(17)8-14-4-2-3-11(14)16/h9-10H,2-8,13H2,1H3. The predicted octanol–water partition coefficient (Wildman–Crippen LogP) is -0.195. The van der Waals surface area contributed by atoms with Crippen LogP contribution >= 0.6 is 0 Å². The van der Waals surface area contributed by atoms with Gasteiger partial charge in [-0.2, -0.15) is 0 Å². The molecule has 0 aliphatic carbocycles. The van der Waals surface area contributed by atoms with E-state index >= 15 is 0 Å². The molecule has 96 valence electrons. The van der Waals surface area contributed by atoms with Crippen LogP contribution in [0.5, 0.6) is 0 Å².